The number of benzene rings is 2. The van der Waals surface area contributed by atoms with Crippen LogP contribution in [0.2, 0.25) is 0 Å². The number of rotatable bonds is 5. The summed E-state index contributed by atoms with van der Waals surface area (Å²) in [4.78, 5) is 1.31. The Kier molecular flexibility index (Phi) is 4.06. The zero-order chi connectivity index (χ0) is 15.4. The molecule has 0 saturated carbocycles. The number of halogens is 1. The van der Waals surface area contributed by atoms with E-state index in [0.29, 0.717) is 22.8 Å². The highest BCUT2D eigenvalue weighted by Gasteiger charge is 2.11. The van der Waals surface area contributed by atoms with Gasteiger partial charge in [0.05, 0.1) is 18.8 Å². The van der Waals surface area contributed by atoms with Crippen molar-refractivity contribution in [3.8, 4) is 11.4 Å². The number of nitrogens with one attached hydrogen (secondary N) is 1. The van der Waals surface area contributed by atoms with Crippen LogP contribution < -0.4 is 5.32 Å². The number of aromatic nitrogens is 4. The molecule has 1 aromatic heterocycles. The van der Waals surface area contributed by atoms with Crippen LogP contribution in [0.4, 0.5) is 15.8 Å². The summed E-state index contributed by atoms with van der Waals surface area (Å²) in [5.41, 5.74) is 1.75. The highest BCUT2D eigenvalue weighted by molar-refractivity contribution is 5.77. The van der Waals surface area contributed by atoms with Crippen LogP contribution in [0.1, 0.15) is 0 Å². The number of hydrogen-bond acceptors (Lipinski definition) is 5. The summed E-state index contributed by atoms with van der Waals surface area (Å²) in [5, 5.41) is 24.0. The molecule has 0 amide bonds. The van der Waals surface area contributed by atoms with Crippen LogP contribution in [-0.2, 0) is 6.54 Å². The van der Waals surface area contributed by atoms with Gasteiger partial charge in [0.2, 0.25) is 5.82 Å². The van der Waals surface area contributed by atoms with Gasteiger partial charge < -0.3 is 10.4 Å². The largest absolute Gasteiger partial charge is 0.394 e. The van der Waals surface area contributed by atoms with Gasteiger partial charge in [0.25, 0.3) is 0 Å². The molecule has 3 aromatic rings. The molecule has 0 spiro atoms. The maximum Gasteiger partial charge on any atom is 0.207 e. The van der Waals surface area contributed by atoms with Crippen molar-refractivity contribution in [2.24, 2.45) is 0 Å². The van der Waals surface area contributed by atoms with Crippen molar-refractivity contribution in [2.75, 3.05) is 11.9 Å². The van der Waals surface area contributed by atoms with E-state index in [0.717, 1.165) is 0 Å². The third-order valence-corrected chi connectivity index (χ3v) is 3.06. The van der Waals surface area contributed by atoms with Gasteiger partial charge in [0.15, 0.2) is 0 Å². The summed E-state index contributed by atoms with van der Waals surface area (Å²) in [6.07, 6.45) is 0. The quantitative estimate of drug-likeness (QED) is 0.755. The zero-order valence-electron chi connectivity index (χ0n) is 11.6. The van der Waals surface area contributed by atoms with Crippen LogP contribution in [0.5, 0.6) is 0 Å². The van der Waals surface area contributed by atoms with Crippen LogP contribution >= 0.6 is 0 Å². The predicted molar refractivity (Wildman–Crippen MR) is 80.0 cm³/mol. The lowest BCUT2D eigenvalue weighted by molar-refractivity contribution is 0.259. The van der Waals surface area contributed by atoms with Crippen LogP contribution in [0.15, 0.2) is 48.5 Å². The Balaban J connectivity index is 1.94. The molecule has 0 aliphatic heterocycles. The molecule has 0 fully saturated rings. The average molecular weight is 299 g/mol. The number of hydrogen-bond donors (Lipinski definition) is 2. The lowest BCUT2D eigenvalue weighted by Gasteiger charge is -2.10. The first-order chi connectivity index (χ1) is 10.8. The van der Waals surface area contributed by atoms with Crippen LogP contribution in [0.25, 0.3) is 11.4 Å². The maximum atomic E-state index is 13.8. The summed E-state index contributed by atoms with van der Waals surface area (Å²) in [5.74, 6) is 0.0714. The van der Waals surface area contributed by atoms with E-state index < -0.39 is 0 Å². The van der Waals surface area contributed by atoms with E-state index in [4.69, 9.17) is 5.11 Å². The summed E-state index contributed by atoms with van der Waals surface area (Å²) < 4.78 is 13.8. The molecule has 0 atom stereocenters. The van der Waals surface area contributed by atoms with Crippen LogP contribution in [-0.4, -0.2) is 31.9 Å². The molecule has 3 rings (SSSR count). The lowest BCUT2D eigenvalue weighted by atomic mass is 10.1. The Morgan fingerprint density at radius 2 is 1.77 bits per heavy atom. The number of aliphatic hydroxyl groups is 1. The number of tetrazole rings is 1. The van der Waals surface area contributed by atoms with Gasteiger partial charge in [-0.15, -0.1) is 10.2 Å². The number of para-hydroxylation sites is 2. The molecule has 0 aliphatic rings. The Morgan fingerprint density at radius 1 is 1.05 bits per heavy atom. The second-order valence-electron chi connectivity index (χ2n) is 4.58. The minimum absolute atomic E-state index is 0.0646. The van der Waals surface area contributed by atoms with Crippen molar-refractivity contribution >= 4 is 11.4 Å². The standard InChI is InChI=1S/C15H14FN5O/c16-12-6-2-4-8-14(12)17-13-7-3-1-5-11(13)15-18-20-21(19-15)9-10-22/h1-8,17,22H,9-10H2. The number of anilines is 2. The molecule has 2 N–H and O–H groups in total. The van der Waals surface area contributed by atoms with Crippen LogP contribution in [0, 0.1) is 5.82 Å². The summed E-state index contributed by atoms with van der Waals surface area (Å²) >= 11 is 0. The Hall–Kier alpha value is -2.80. The van der Waals surface area contributed by atoms with Crippen molar-refractivity contribution in [1.82, 2.24) is 20.2 Å². The van der Waals surface area contributed by atoms with Crippen molar-refractivity contribution in [3.63, 3.8) is 0 Å². The van der Waals surface area contributed by atoms with Gasteiger partial charge >= 0.3 is 0 Å². The van der Waals surface area contributed by atoms with E-state index in [1.54, 1.807) is 18.2 Å². The molecule has 0 aliphatic carbocycles. The van der Waals surface area contributed by atoms with E-state index in [-0.39, 0.29) is 19.0 Å². The minimum Gasteiger partial charge on any atom is -0.394 e. The van der Waals surface area contributed by atoms with Crippen molar-refractivity contribution < 1.29 is 9.50 Å². The fourth-order valence-electron chi connectivity index (χ4n) is 2.03. The van der Waals surface area contributed by atoms with Gasteiger partial charge in [-0.05, 0) is 29.5 Å². The molecular weight excluding hydrogens is 285 g/mol. The molecule has 112 valence electrons. The van der Waals surface area contributed by atoms with Gasteiger partial charge in [0.1, 0.15) is 5.82 Å². The number of nitrogens with zero attached hydrogens (tertiary/aromatic N) is 4. The van der Waals surface area contributed by atoms with Gasteiger partial charge in [-0.1, -0.05) is 24.3 Å². The highest BCUT2D eigenvalue weighted by Crippen LogP contribution is 2.28. The van der Waals surface area contributed by atoms with Gasteiger partial charge in [-0.3, -0.25) is 0 Å². The van der Waals surface area contributed by atoms with E-state index in [9.17, 15) is 4.39 Å². The molecule has 0 unspecified atom stereocenters. The molecule has 7 heteroatoms. The first-order valence-electron chi connectivity index (χ1n) is 6.77. The maximum absolute atomic E-state index is 13.8. The van der Waals surface area contributed by atoms with Gasteiger partial charge in [-0.25, -0.2) is 4.39 Å². The fourth-order valence-corrected chi connectivity index (χ4v) is 2.03. The fraction of sp³-hybridized carbons (Fsp3) is 0.133. The Bertz CT molecular complexity index is 774. The normalized spacial score (nSPS) is 10.6. The predicted octanol–water partition coefficient (Wildman–Crippen LogP) is 2.22. The monoisotopic (exact) mass is 299 g/mol. The van der Waals surface area contributed by atoms with Crippen molar-refractivity contribution in [2.45, 2.75) is 6.54 Å². The molecule has 0 radical (unpaired) electrons. The second-order valence-corrected chi connectivity index (χ2v) is 4.58. The SMILES string of the molecule is OCCn1nnc(-c2ccccc2Nc2ccccc2F)n1. The van der Waals surface area contributed by atoms with E-state index in [1.165, 1.54) is 10.9 Å². The summed E-state index contributed by atoms with van der Waals surface area (Å²) in [6.45, 7) is 0.209. The Labute approximate surface area is 126 Å². The topological polar surface area (TPSA) is 75.9 Å². The lowest BCUT2D eigenvalue weighted by Crippen LogP contribution is -2.05. The Morgan fingerprint density at radius 3 is 2.55 bits per heavy atom. The molecular formula is C15H14FN5O. The highest BCUT2D eigenvalue weighted by atomic mass is 19.1. The molecule has 22 heavy (non-hydrogen) atoms. The second kappa shape index (κ2) is 6.31. The number of aliphatic hydroxyl groups excluding tert-OH is 1. The van der Waals surface area contributed by atoms with Crippen molar-refractivity contribution in [1.29, 1.82) is 0 Å². The third kappa shape index (κ3) is 2.94. The minimum atomic E-state index is -0.339. The summed E-state index contributed by atoms with van der Waals surface area (Å²) in [6, 6.07) is 13.7. The smallest absolute Gasteiger partial charge is 0.207 e. The van der Waals surface area contributed by atoms with Gasteiger partial charge in [0, 0.05) is 11.3 Å². The zero-order valence-corrected chi connectivity index (χ0v) is 11.6. The molecule has 6 nitrogen and oxygen atoms in total. The van der Waals surface area contributed by atoms with Crippen LogP contribution in [0.3, 0.4) is 0 Å². The third-order valence-electron chi connectivity index (χ3n) is 3.06. The molecule has 1 heterocycles. The average Bonchev–Trinajstić information content (AvgIpc) is 2.99. The van der Waals surface area contributed by atoms with Gasteiger partial charge in [-0.2, -0.15) is 4.80 Å². The van der Waals surface area contributed by atoms with E-state index in [2.05, 4.69) is 20.7 Å². The molecule has 0 bridgehead atoms. The van der Waals surface area contributed by atoms with Crippen molar-refractivity contribution in [3.05, 3.63) is 54.3 Å². The first kappa shape index (κ1) is 14.2. The summed E-state index contributed by atoms with van der Waals surface area (Å²) in [7, 11) is 0. The van der Waals surface area contributed by atoms with E-state index in [1.807, 2.05) is 24.3 Å². The van der Waals surface area contributed by atoms with E-state index >= 15 is 0 Å². The first-order valence-corrected chi connectivity index (χ1v) is 6.77. The molecule has 2 aromatic carbocycles. The molecule has 0 saturated heterocycles.